The van der Waals surface area contributed by atoms with Crippen LogP contribution in [-0.2, 0) is 28.9 Å². The number of ether oxygens (including phenoxy) is 1. The standard InChI is InChI=1S/C19H26N4O4S2/c1-4-20-18(26)21-15(24)11(2)28-19-22-16-14(17(25)23(19)9-10-27-3)12-7-5-6-8-13(12)29-16/h11H,4-10H2,1-3H3,(H2,20,21,24,26)/t11-/m1/s1. The van der Waals surface area contributed by atoms with E-state index in [0.29, 0.717) is 30.2 Å². The quantitative estimate of drug-likeness (QED) is 0.508. The molecule has 0 aliphatic heterocycles. The normalized spacial score (nSPS) is 14.4. The number of hydrogen-bond donors (Lipinski definition) is 2. The van der Waals surface area contributed by atoms with Crippen molar-refractivity contribution in [3.8, 4) is 0 Å². The molecule has 0 saturated heterocycles. The largest absolute Gasteiger partial charge is 0.383 e. The maximum absolute atomic E-state index is 13.3. The Morgan fingerprint density at radius 2 is 2.10 bits per heavy atom. The highest BCUT2D eigenvalue weighted by Gasteiger charge is 2.24. The summed E-state index contributed by atoms with van der Waals surface area (Å²) in [6.45, 7) is 4.62. The molecule has 0 aromatic carbocycles. The monoisotopic (exact) mass is 438 g/mol. The second-order valence-electron chi connectivity index (χ2n) is 6.84. The number of thiophene rings is 1. The third-order valence-electron chi connectivity index (χ3n) is 4.78. The highest BCUT2D eigenvalue weighted by Crippen LogP contribution is 2.35. The lowest BCUT2D eigenvalue weighted by atomic mass is 9.97. The lowest BCUT2D eigenvalue weighted by Gasteiger charge is -2.16. The molecule has 2 aromatic heterocycles. The van der Waals surface area contributed by atoms with Crippen molar-refractivity contribution in [3.63, 3.8) is 0 Å². The SMILES string of the molecule is CCNC(=O)NC(=O)[C@@H](C)Sc1nc2sc3c(c2c(=O)n1CCOC)CCCC3. The maximum atomic E-state index is 13.3. The van der Waals surface area contributed by atoms with Crippen molar-refractivity contribution in [1.29, 1.82) is 0 Å². The van der Waals surface area contributed by atoms with Crippen molar-refractivity contribution >= 4 is 45.3 Å². The molecular formula is C19H26N4O4S2. The van der Waals surface area contributed by atoms with Crippen LogP contribution in [0.15, 0.2) is 9.95 Å². The number of urea groups is 1. The van der Waals surface area contributed by atoms with Gasteiger partial charge in [0, 0.05) is 18.5 Å². The first-order valence-electron chi connectivity index (χ1n) is 9.75. The van der Waals surface area contributed by atoms with Crippen molar-refractivity contribution in [2.75, 3.05) is 20.3 Å². The predicted molar refractivity (Wildman–Crippen MR) is 115 cm³/mol. The number of carbonyl (C=O) groups excluding carboxylic acids is 2. The van der Waals surface area contributed by atoms with Crippen molar-refractivity contribution < 1.29 is 14.3 Å². The molecule has 8 nitrogen and oxygen atoms in total. The van der Waals surface area contributed by atoms with Gasteiger partial charge in [-0.3, -0.25) is 19.5 Å². The number of carbonyl (C=O) groups is 2. The van der Waals surface area contributed by atoms with Crippen molar-refractivity contribution in [3.05, 3.63) is 20.8 Å². The number of methoxy groups -OCH3 is 1. The van der Waals surface area contributed by atoms with E-state index in [4.69, 9.17) is 9.72 Å². The van der Waals surface area contributed by atoms with E-state index in [1.54, 1.807) is 36.9 Å². The number of amides is 3. The molecule has 2 N–H and O–H groups in total. The Morgan fingerprint density at radius 1 is 1.34 bits per heavy atom. The summed E-state index contributed by atoms with van der Waals surface area (Å²) >= 11 is 2.75. The van der Waals surface area contributed by atoms with Crippen LogP contribution in [0.4, 0.5) is 4.79 Å². The fourth-order valence-electron chi connectivity index (χ4n) is 3.32. The second-order valence-corrected chi connectivity index (χ2v) is 9.24. The summed E-state index contributed by atoms with van der Waals surface area (Å²) in [7, 11) is 1.58. The Bertz CT molecular complexity index is 969. The average molecular weight is 439 g/mol. The molecule has 1 aliphatic rings. The molecule has 3 rings (SSSR count). The molecule has 29 heavy (non-hydrogen) atoms. The van der Waals surface area contributed by atoms with Crippen molar-refractivity contribution in [2.45, 2.75) is 56.5 Å². The molecule has 2 heterocycles. The minimum atomic E-state index is -0.592. The Kier molecular flexibility index (Phi) is 7.31. The molecule has 0 bridgehead atoms. The van der Waals surface area contributed by atoms with Gasteiger partial charge < -0.3 is 10.1 Å². The van der Waals surface area contributed by atoms with E-state index in [2.05, 4.69) is 10.6 Å². The van der Waals surface area contributed by atoms with Crippen LogP contribution in [0, 0.1) is 0 Å². The van der Waals surface area contributed by atoms with E-state index in [9.17, 15) is 14.4 Å². The van der Waals surface area contributed by atoms with Crippen LogP contribution in [0.2, 0.25) is 0 Å². The molecule has 1 atom stereocenters. The zero-order valence-electron chi connectivity index (χ0n) is 16.9. The summed E-state index contributed by atoms with van der Waals surface area (Å²) in [6.07, 6.45) is 4.12. The molecule has 10 heteroatoms. The van der Waals surface area contributed by atoms with E-state index in [1.807, 2.05) is 0 Å². The molecule has 2 aromatic rings. The molecule has 158 valence electrons. The minimum Gasteiger partial charge on any atom is -0.383 e. The van der Waals surface area contributed by atoms with Gasteiger partial charge in [0.25, 0.3) is 5.56 Å². The van der Waals surface area contributed by atoms with Gasteiger partial charge in [-0.05, 0) is 45.1 Å². The van der Waals surface area contributed by atoms with E-state index in [-0.39, 0.29) is 5.56 Å². The first kappa shape index (κ1) is 21.8. The highest BCUT2D eigenvalue weighted by molar-refractivity contribution is 8.00. The van der Waals surface area contributed by atoms with Crippen LogP contribution in [0.25, 0.3) is 10.2 Å². The summed E-state index contributed by atoms with van der Waals surface area (Å²) in [5, 5.41) is 5.43. The van der Waals surface area contributed by atoms with Crippen LogP contribution in [-0.4, -0.2) is 47.0 Å². The Labute approximate surface area is 177 Å². The molecule has 0 saturated carbocycles. The predicted octanol–water partition coefficient (Wildman–Crippen LogP) is 2.31. The summed E-state index contributed by atoms with van der Waals surface area (Å²) in [5.74, 6) is -0.431. The van der Waals surface area contributed by atoms with E-state index in [1.165, 1.54) is 16.6 Å². The van der Waals surface area contributed by atoms with E-state index in [0.717, 1.165) is 36.1 Å². The number of rotatable bonds is 7. The number of aromatic nitrogens is 2. The molecule has 0 unspecified atom stereocenters. The van der Waals surface area contributed by atoms with Crippen molar-refractivity contribution in [1.82, 2.24) is 20.2 Å². The van der Waals surface area contributed by atoms with Gasteiger partial charge >= 0.3 is 6.03 Å². The molecule has 0 fully saturated rings. The van der Waals surface area contributed by atoms with Crippen LogP contribution in [0.5, 0.6) is 0 Å². The number of fused-ring (bicyclic) bond motifs is 3. The minimum absolute atomic E-state index is 0.0784. The molecule has 1 aliphatic carbocycles. The third-order valence-corrected chi connectivity index (χ3v) is 7.06. The van der Waals surface area contributed by atoms with Gasteiger partial charge in [-0.25, -0.2) is 9.78 Å². The first-order chi connectivity index (χ1) is 14.0. The number of nitrogens with zero attached hydrogens (tertiary/aromatic N) is 2. The summed E-state index contributed by atoms with van der Waals surface area (Å²) < 4.78 is 6.76. The van der Waals surface area contributed by atoms with Gasteiger partial charge in [0.05, 0.1) is 23.8 Å². The number of hydrogen-bond acceptors (Lipinski definition) is 7. The number of aryl methyl sites for hydroxylation is 2. The fraction of sp³-hybridized carbons (Fsp3) is 0.579. The van der Waals surface area contributed by atoms with Crippen molar-refractivity contribution in [2.24, 2.45) is 0 Å². The summed E-state index contributed by atoms with van der Waals surface area (Å²) in [5.41, 5.74) is 1.06. The van der Waals surface area contributed by atoms with Gasteiger partial charge in [0.15, 0.2) is 5.16 Å². The maximum Gasteiger partial charge on any atom is 0.321 e. The molecule has 3 amide bonds. The van der Waals surface area contributed by atoms with Gasteiger partial charge in [0.1, 0.15) is 4.83 Å². The zero-order valence-corrected chi connectivity index (χ0v) is 18.5. The van der Waals surface area contributed by atoms with Gasteiger partial charge in [-0.1, -0.05) is 11.8 Å². The Hall–Kier alpha value is -1.91. The second kappa shape index (κ2) is 9.73. The lowest BCUT2D eigenvalue weighted by Crippen LogP contribution is -2.42. The fourth-order valence-corrected chi connectivity index (χ4v) is 5.56. The van der Waals surface area contributed by atoms with Gasteiger partial charge in [-0.2, -0.15) is 0 Å². The Balaban J connectivity index is 1.94. The smallest absolute Gasteiger partial charge is 0.321 e. The molecule has 0 radical (unpaired) electrons. The van der Waals surface area contributed by atoms with Crippen LogP contribution in [0.3, 0.4) is 0 Å². The summed E-state index contributed by atoms with van der Waals surface area (Å²) in [6, 6.07) is -0.531. The van der Waals surface area contributed by atoms with Gasteiger partial charge in [0.2, 0.25) is 5.91 Å². The lowest BCUT2D eigenvalue weighted by molar-refractivity contribution is -0.119. The highest BCUT2D eigenvalue weighted by atomic mass is 32.2. The average Bonchev–Trinajstić information content (AvgIpc) is 3.06. The first-order valence-corrected chi connectivity index (χ1v) is 11.4. The number of nitrogens with one attached hydrogen (secondary N) is 2. The number of thioether (sulfide) groups is 1. The molecular weight excluding hydrogens is 412 g/mol. The topological polar surface area (TPSA) is 102 Å². The summed E-state index contributed by atoms with van der Waals surface area (Å²) in [4.78, 5) is 44.0. The van der Waals surface area contributed by atoms with Crippen LogP contribution < -0.4 is 16.2 Å². The zero-order chi connectivity index (χ0) is 21.0. The molecule has 0 spiro atoms. The van der Waals surface area contributed by atoms with Crippen LogP contribution in [0.1, 0.15) is 37.1 Å². The van der Waals surface area contributed by atoms with Gasteiger partial charge in [-0.15, -0.1) is 11.3 Å². The van der Waals surface area contributed by atoms with E-state index >= 15 is 0 Å². The third kappa shape index (κ3) is 4.81. The van der Waals surface area contributed by atoms with E-state index < -0.39 is 17.2 Å². The number of imide groups is 1. The Morgan fingerprint density at radius 3 is 2.83 bits per heavy atom. The van der Waals surface area contributed by atoms with Crippen LogP contribution >= 0.6 is 23.1 Å².